The molecular formula is C17H21NO2. The Hall–Kier alpha value is -2.16. The fourth-order valence-electron chi connectivity index (χ4n) is 2.06. The molecule has 0 fully saturated rings. The van der Waals surface area contributed by atoms with Crippen LogP contribution in [0.4, 0.5) is 5.69 Å². The maximum atomic E-state index is 5.74. The van der Waals surface area contributed by atoms with Gasteiger partial charge in [0, 0.05) is 11.8 Å². The van der Waals surface area contributed by atoms with Crippen molar-refractivity contribution in [1.29, 1.82) is 0 Å². The van der Waals surface area contributed by atoms with Gasteiger partial charge in [0.15, 0.2) is 11.5 Å². The summed E-state index contributed by atoms with van der Waals surface area (Å²) < 4.78 is 11.0. The first kappa shape index (κ1) is 14.3. The third kappa shape index (κ3) is 4.19. The second kappa shape index (κ2) is 7.43. The number of nitrogens with two attached hydrogens (primary N) is 1. The standard InChI is InChI=1S/C17H21NO2/c1-19-17-13-15(18)10-11-16(17)20-12-6-5-9-14-7-3-2-4-8-14/h2-4,7-8,10-11,13H,5-6,9,12,18H2,1H3. The van der Waals surface area contributed by atoms with Gasteiger partial charge in [0.25, 0.3) is 0 Å². The Morgan fingerprint density at radius 2 is 1.75 bits per heavy atom. The van der Waals surface area contributed by atoms with Gasteiger partial charge in [0.2, 0.25) is 0 Å². The summed E-state index contributed by atoms with van der Waals surface area (Å²) in [7, 11) is 1.62. The van der Waals surface area contributed by atoms with E-state index >= 15 is 0 Å². The number of hydrogen-bond donors (Lipinski definition) is 1. The normalized spacial score (nSPS) is 10.2. The van der Waals surface area contributed by atoms with Crippen molar-refractivity contribution in [2.75, 3.05) is 19.5 Å². The van der Waals surface area contributed by atoms with Gasteiger partial charge in [-0.25, -0.2) is 0 Å². The topological polar surface area (TPSA) is 44.5 Å². The number of anilines is 1. The molecule has 0 bridgehead atoms. The molecule has 0 radical (unpaired) electrons. The highest BCUT2D eigenvalue weighted by atomic mass is 16.5. The van der Waals surface area contributed by atoms with Crippen LogP contribution >= 0.6 is 0 Å². The number of benzene rings is 2. The van der Waals surface area contributed by atoms with Crippen LogP contribution in [0.3, 0.4) is 0 Å². The zero-order chi connectivity index (χ0) is 14.2. The Labute approximate surface area is 120 Å². The lowest BCUT2D eigenvalue weighted by molar-refractivity contribution is 0.286. The Balaban J connectivity index is 1.73. The van der Waals surface area contributed by atoms with Crippen molar-refractivity contribution in [2.24, 2.45) is 0 Å². The molecule has 2 aromatic rings. The van der Waals surface area contributed by atoms with Gasteiger partial charge in [0.1, 0.15) is 0 Å². The second-order valence-corrected chi connectivity index (χ2v) is 4.70. The predicted octanol–water partition coefficient (Wildman–Crippen LogP) is 3.68. The lowest BCUT2D eigenvalue weighted by atomic mass is 10.1. The van der Waals surface area contributed by atoms with Gasteiger partial charge in [-0.3, -0.25) is 0 Å². The van der Waals surface area contributed by atoms with Crippen LogP contribution in [0.1, 0.15) is 18.4 Å². The van der Waals surface area contributed by atoms with Crippen molar-refractivity contribution in [2.45, 2.75) is 19.3 Å². The number of ether oxygens (including phenoxy) is 2. The maximum absolute atomic E-state index is 5.74. The van der Waals surface area contributed by atoms with Gasteiger partial charge >= 0.3 is 0 Å². The van der Waals surface area contributed by atoms with Crippen molar-refractivity contribution >= 4 is 5.69 Å². The number of methoxy groups -OCH3 is 1. The van der Waals surface area contributed by atoms with Crippen molar-refractivity contribution in [1.82, 2.24) is 0 Å². The van der Waals surface area contributed by atoms with E-state index in [2.05, 4.69) is 24.3 Å². The zero-order valence-electron chi connectivity index (χ0n) is 11.8. The van der Waals surface area contributed by atoms with Crippen LogP contribution in [0.15, 0.2) is 48.5 Å². The minimum Gasteiger partial charge on any atom is -0.493 e. The third-order valence-electron chi connectivity index (χ3n) is 3.15. The van der Waals surface area contributed by atoms with Gasteiger partial charge < -0.3 is 15.2 Å². The monoisotopic (exact) mass is 271 g/mol. The molecule has 2 N–H and O–H groups in total. The second-order valence-electron chi connectivity index (χ2n) is 4.70. The van der Waals surface area contributed by atoms with Crippen molar-refractivity contribution < 1.29 is 9.47 Å². The Kier molecular flexibility index (Phi) is 5.30. The van der Waals surface area contributed by atoms with E-state index in [0.717, 1.165) is 25.0 Å². The predicted molar refractivity (Wildman–Crippen MR) is 82.3 cm³/mol. The number of hydrogen-bond acceptors (Lipinski definition) is 3. The fourth-order valence-corrected chi connectivity index (χ4v) is 2.06. The smallest absolute Gasteiger partial charge is 0.162 e. The van der Waals surface area contributed by atoms with Gasteiger partial charge in [-0.2, -0.15) is 0 Å². The first-order valence-electron chi connectivity index (χ1n) is 6.90. The molecule has 2 aromatic carbocycles. The average Bonchev–Trinajstić information content (AvgIpc) is 2.49. The summed E-state index contributed by atoms with van der Waals surface area (Å²) in [6.07, 6.45) is 3.22. The lowest BCUT2D eigenvalue weighted by Crippen LogP contribution is -2.00. The molecule has 0 aliphatic carbocycles. The molecule has 0 amide bonds. The van der Waals surface area contributed by atoms with Crippen LogP contribution in [0.5, 0.6) is 11.5 Å². The molecular weight excluding hydrogens is 250 g/mol. The van der Waals surface area contributed by atoms with Crippen LogP contribution in [0.2, 0.25) is 0 Å². The molecule has 106 valence electrons. The molecule has 0 unspecified atom stereocenters. The molecule has 0 saturated heterocycles. The molecule has 0 saturated carbocycles. The molecule has 3 nitrogen and oxygen atoms in total. The molecule has 0 aliphatic heterocycles. The van der Waals surface area contributed by atoms with E-state index in [-0.39, 0.29) is 0 Å². The largest absolute Gasteiger partial charge is 0.493 e. The Morgan fingerprint density at radius 3 is 2.50 bits per heavy atom. The summed E-state index contributed by atoms with van der Waals surface area (Å²) in [5, 5.41) is 0. The molecule has 0 aromatic heterocycles. The van der Waals surface area contributed by atoms with E-state index in [1.165, 1.54) is 5.56 Å². The molecule has 0 heterocycles. The van der Waals surface area contributed by atoms with E-state index in [9.17, 15) is 0 Å². The average molecular weight is 271 g/mol. The van der Waals surface area contributed by atoms with Crippen molar-refractivity contribution in [3.05, 3.63) is 54.1 Å². The van der Waals surface area contributed by atoms with Gasteiger partial charge in [-0.1, -0.05) is 30.3 Å². The van der Waals surface area contributed by atoms with Crippen molar-refractivity contribution in [3.63, 3.8) is 0 Å². The minimum absolute atomic E-state index is 0.679. The van der Waals surface area contributed by atoms with Gasteiger partial charge in [-0.15, -0.1) is 0 Å². The van der Waals surface area contributed by atoms with Crippen LogP contribution in [0.25, 0.3) is 0 Å². The molecule has 0 atom stereocenters. The molecule has 3 heteroatoms. The molecule has 20 heavy (non-hydrogen) atoms. The quantitative estimate of drug-likeness (QED) is 0.617. The van der Waals surface area contributed by atoms with Crippen LogP contribution < -0.4 is 15.2 Å². The number of aryl methyl sites for hydroxylation is 1. The summed E-state index contributed by atoms with van der Waals surface area (Å²) in [5.41, 5.74) is 7.76. The van der Waals surface area contributed by atoms with E-state index < -0.39 is 0 Å². The summed E-state index contributed by atoms with van der Waals surface area (Å²) in [5.74, 6) is 1.44. The van der Waals surface area contributed by atoms with E-state index in [0.29, 0.717) is 18.0 Å². The zero-order valence-corrected chi connectivity index (χ0v) is 11.8. The Morgan fingerprint density at radius 1 is 0.950 bits per heavy atom. The van der Waals surface area contributed by atoms with E-state index in [1.807, 2.05) is 18.2 Å². The highest BCUT2D eigenvalue weighted by Crippen LogP contribution is 2.29. The maximum Gasteiger partial charge on any atom is 0.162 e. The minimum atomic E-state index is 0.679. The Bertz CT molecular complexity index is 526. The van der Waals surface area contributed by atoms with Crippen LogP contribution in [-0.2, 0) is 6.42 Å². The van der Waals surface area contributed by atoms with Gasteiger partial charge in [-0.05, 0) is 37.0 Å². The number of rotatable bonds is 7. The molecule has 0 aliphatic rings. The van der Waals surface area contributed by atoms with E-state index in [4.69, 9.17) is 15.2 Å². The first-order valence-corrected chi connectivity index (χ1v) is 6.90. The third-order valence-corrected chi connectivity index (χ3v) is 3.15. The van der Waals surface area contributed by atoms with Crippen molar-refractivity contribution in [3.8, 4) is 11.5 Å². The molecule has 0 spiro atoms. The number of unbranched alkanes of at least 4 members (excludes halogenated alkanes) is 1. The summed E-state index contributed by atoms with van der Waals surface area (Å²) in [6.45, 7) is 0.688. The van der Waals surface area contributed by atoms with Gasteiger partial charge in [0.05, 0.1) is 13.7 Å². The fraction of sp³-hybridized carbons (Fsp3) is 0.294. The SMILES string of the molecule is COc1cc(N)ccc1OCCCCc1ccccc1. The van der Waals surface area contributed by atoms with Crippen LogP contribution in [0, 0.1) is 0 Å². The lowest BCUT2D eigenvalue weighted by Gasteiger charge is -2.11. The first-order chi connectivity index (χ1) is 9.79. The summed E-state index contributed by atoms with van der Waals surface area (Å²) >= 11 is 0. The van der Waals surface area contributed by atoms with Crippen LogP contribution in [-0.4, -0.2) is 13.7 Å². The highest BCUT2D eigenvalue weighted by Gasteiger charge is 2.04. The highest BCUT2D eigenvalue weighted by molar-refractivity contribution is 5.51. The molecule has 2 rings (SSSR count). The summed E-state index contributed by atoms with van der Waals surface area (Å²) in [4.78, 5) is 0. The van der Waals surface area contributed by atoms with E-state index in [1.54, 1.807) is 13.2 Å². The summed E-state index contributed by atoms with van der Waals surface area (Å²) in [6, 6.07) is 16.0. The number of nitrogen functional groups attached to an aromatic ring is 1.